The van der Waals surface area contributed by atoms with E-state index in [-0.39, 0.29) is 6.61 Å². The van der Waals surface area contributed by atoms with Gasteiger partial charge < -0.3 is 25.2 Å². The highest BCUT2D eigenvalue weighted by molar-refractivity contribution is 6.36. The summed E-state index contributed by atoms with van der Waals surface area (Å²) in [5.74, 6) is 1.03. The summed E-state index contributed by atoms with van der Waals surface area (Å²) in [7, 11) is 0. The number of hydrogen-bond donors (Lipinski definition) is 4. The number of halogens is 1. The number of nitrogens with one attached hydrogen (secondary N) is 1. The Morgan fingerprint density at radius 1 is 1.14 bits per heavy atom. The number of fused-ring (bicyclic) bond motifs is 1. The first-order chi connectivity index (χ1) is 16.8. The number of aromatic nitrogens is 5. The molecule has 0 bridgehead atoms. The van der Waals surface area contributed by atoms with Gasteiger partial charge in [-0.1, -0.05) is 11.6 Å². The van der Waals surface area contributed by atoms with Crippen LogP contribution in [-0.2, 0) is 13.1 Å². The lowest BCUT2D eigenvalue weighted by molar-refractivity contribution is 0.0572. The van der Waals surface area contributed by atoms with Crippen molar-refractivity contribution in [3.63, 3.8) is 0 Å². The Morgan fingerprint density at radius 2 is 1.91 bits per heavy atom. The van der Waals surface area contributed by atoms with Crippen molar-refractivity contribution in [3.05, 3.63) is 58.6 Å². The van der Waals surface area contributed by atoms with Crippen LogP contribution in [0, 0.1) is 13.8 Å². The average Bonchev–Trinajstić information content (AvgIpc) is 3.44. The molecule has 0 spiro atoms. The van der Waals surface area contributed by atoms with Crippen LogP contribution in [0.4, 0.5) is 11.6 Å². The third-order valence-electron chi connectivity index (χ3n) is 6.43. The molecule has 35 heavy (non-hydrogen) atoms. The van der Waals surface area contributed by atoms with Gasteiger partial charge in [-0.25, -0.2) is 9.67 Å². The van der Waals surface area contributed by atoms with Crippen LogP contribution in [0.5, 0.6) is 0 Å². The number of anilines is 2. The van der Waals surface area contributed by atoms with Crippen LogP contribution in [0.1, 0.15) is 17.0 Å². The minimum Gasteiger partial charge on any atom is -0.395 e. The number of aryl methyl sites for hydroxylation is 1. The topological polar surface area (TPSA) is 124 Å². The van der Waals surface area contributed by atoms with Gasteiger partial charge in [0.25, 0.3) is 0 Å². The SMILES string of the molecule is Cc1nn(-c2ccnc(Nc3ccc4c(c3)c(Cl)c(C)n4CCO)n2)cc1CN1CC(O)C(O)C1. The Kier molecular flexibility index (Phi) is 6.47. The van der Waals surface area contributed by atoms with Gasteiger partial charge in [0, 0.05) is 72.5 Å². The van der Waals surface area contributed by atoms with Crippen LogP contribution in [0.3, 0.4) is 0 Å². The van der Waals surface area contributed by atoms with Gasteiger partial charge >= 0.3 is 0 Å². The Bertz CT molecular complexity index is 1360. The third-order valence-corrected chi connectivity index (χ3v) is 6.91. The van der Waals surface area contributed by atoms with Crippen molar-refractivity contribution in [1.29, 1.82) is 0 Å². The molecule has 10 nitrogen and oxygen atoms in total. The third kappa shape index (κ3) is 4.63. The number of aliphatic hydroxyl groups excluding tert-OH is 3. The lowest BCUT2D eigenvalue weighted by Crippen LogP contribution is -2.22. The van der Waals surface area contributed by atoms with E-state index in [0.29, 0.717) is 43.0 Å². The van der Waals surface area contributed by atoms with E-state index in [1.165, 1.54) is 0 Å². The number of benzene rings is 1. The second-order valence-electron chi connectivity index (χ2n) is 8.88. The van der Waals surface area contributed by atoms with Crippen molar-refractivity contribution < 1.29 is 15.3 Å². The molecule has 0 saturated carbocycles. The maximum Gasteiger partial charge on any atom is 0.229 e. The molecule has 0 radical (unpaired) electrons. The van der Waals surface area contributed by atoms with Crippen LogP contribution < -0.4 is 5.32 Å². The molecular formula is C24H28ClN7O3. The molecule has 1 saturated heterocycles. The molecule has 3 aromatic heterocycles. The number of nitrogens with zero attached hydrogens (tertiary/aromatic N) is 6. The van der Waals surface area contributed by atoms with Gasteiger partial charge in [0.05, 0.1) is 29.5 Å². The second kappa shape index (κ2) is 9.56. The van der Waals surface area contributed by atoms with E-state index < -0.39 is 12.2 Å². The molecule has 11 heteroatoms. The minimum atomic E-state index is -0.716. The fraction of sp³-hybridized carbons (Fsp3) is 0.375. The Morgan fingerprint density at radius 3 is 2.66 bits per heavy atom. The van der Waals surface area contributed by atoms with Gasteiger partial charge in [-0.2, -0.15) is 10.1 Å². The fourth-order valence-corrected chi connectivity index (χ4v) is 4.81. The molecule has 5 rings (SSSR count). The minimum absolute atomic E-state index is 0.0398. The first-order valence-electron chi connectivity index (χ1n) is 11.5. The van der Waals surface area contributed by atoms with E-state index in [1.807, 2.05) is 47.7 Å². The highest BCUT2D eigenvalue weighted by Crippen LogP contribution is 2.32. The lowest BCUT2D eigenvalue weighted by Gasteiger charge is -2.13. The van der Waals surface area contributed by atoms with E-state index in [4.69, 9.17) is 11.6 Å². The molecule has 0 amide bonds. The Balaban J connectivity index is 1.36. The molecular weight excluding hydrogens is 470 g/mol. The Labute approximate surface area is 207 Å². The molecule has 0 aliphatic carbocycles. The van der Waals surface area contributed by atoms with Crippen LogP contribution >= 0.6 is 11.6 Å². The van der Waals surface area contributed by atoms with Crippen molar-refractivity contribution >= 4 is 34.1 Å². The summed E-state index contributed by atoms with van der Waals surface area (Å²) in [6, 6.07) is 7.62. The first-order valence-corrected chi connectivity index (χ1v) is 11.8. The Hall–Kier alpha value is -3.02. The van der Waals surface area contributed by atoms with E-state index in [0.717, 1.165) is 33.5 Å². The molecule has 1 aliphatic rings. The van der Waals surface area contributed by atoms with Crippen LogP contribution in [0.2, 0.25) is 5.02 Å². The predicted molar refractivity (Wildman–Crippen MR) is 133 cm³/mol. The van der Waals surface area contributed by atoms with Crippen molar-refractivity contribution in [1.82, 2.24) is 29.2 Å². The smallest absolute Gasteiger partial charge is 0.229 e. The molecule has 4 heterocycles. The average molecular weight is 498 g/mol. The first kappa shape index (κ1) is 23.7. The van der Waals surface area contributed by atoms with Crippen molar-refractivity contribution in [3.8, 4) is 5.82 Å². The maximum absolute atomic E-state index is 9.81. The van der Waals surface area contributed by atoms with E-state index in [2.05, 4.69) is 20.4 Å². The summed E-state index contributed by atoms with van der Waals surface area (Å²) in [6.45, 7) is 5.85. The van der Waals surface area contributed by atoms with Gasteiger partial charge in [-0.05, 0) is 32.0 Å². The van der Waals surface area contributed by atoms with Gasteiger partial charge in [-0.3, -0.25) is 4.90 Å². The van der Waals surface area contributed by atoms with E-state index in [1.54, 1.807) is 16.9 Å². The highest BCUT2D eigenvalue weighted by atomic mass is 35.5. The highest BCUT2D eigenvalue weighted by Gasteiger charge is 2.30. The van der Waals surface area contributed by atoms with Crippen LogP contribution in [0.15, 0.2) is 36.7 Å². The summed E-state index contributed by atoms with van der Waals surface area (Å²) < 4.78 is 3.71. The fourth-order valence-electron chi connectivity index (χ4n) is 4.56. The van der Waals surface area contributed by atoms with Gasteiger partial charge in [-0.15, -0.1) is 0 Å². The number of β-amino-alcohol motifs (C(OH)–C–C–N with tert-alkyl or cyclic N) is 2. The molecule has 4 N–H and O–H groups in total. The summed E-state index contributed by atoms with van der Waals surface area (Å²) in [5.41, 5.74) is 4.52. The van der Waals surface area contributed by atoms with E-state index in [9.17, 15) is 15.3 Å². The van der Waals surface area contributed by atoms with Crippen LogP contribution in [-0.4, -0.2) is 76.4 Å². The zero-order valence-electron chi connectivity index (χ0n) is 19.6. The summed E-state index contributed by atoms with van der Waals surface area (Å²) in [5, 5.41) is 38.4. The molecule has 1 fully saturated rings. The standard InChI is InChI=1S/C24H28ClN7O3/c1-14-16(10-30-12-20(34)21(35)13-30)11-32(29-14)22-5-6-26-24(28-22)27-17-3-4-19-18(9-17)23(25)15(2)31(19)7-8-33/h3-6,9,11,20-21,33-35H,7-8,10,12-13H2,1-2H3,(H,26,27,28). The molecule has 2 unspecified atom stereocenters. The molecule has 4 aromatic rings. The predicted octanol–water partition coefficient (Wildman–Crippen LogP) is 2.16. The second-order valence-corrected chi connectivity index (χ2v) is 9.26. The van der Waals surface area contributed by atoms with Crippen LogP contribution in [0.25, 0.3) is 16.7 Å². The van der Waals surface area contributed by atoms with Crippen molar-refractivity contribution in [2.75, 3.05) is 25.0 Å². The lowest BCUT2D eigenvalue weighted by atomic mass is 10.2. The van der Waals surface area contributed by atoms with Gasteiger partial charge in [0.15, 0.2) is 5.82 Å². The monoisotopic (exact) mass is 497 g/mol. The number of hydrogen-bond acceptors (Lipinski definition) is 8. The summed E-state index contributed by atoms with van der Waals surface area (Å²) >= 11 is 6.55. The molecule has 1 aromatic carbocycles. The normalized spacial score (nSPS) is 18.6. The van der Waals surface area contributed by atoms with Gasteiger partial charge in [0.2, 0.25) is 5.95 Å². The molecule has 1 aliphatic heterocycles. The number of aliphatic hydroxyl groups is 3. The molecule has 184 valence electrons. The number of likely N-dealkylation sites (tertiary alicyclic amines) is 1. The quantitative estimate of drug-likeness (QED) is 0.306. The van der Waals surface area contributed by atoms with Gasteiger partial charge in [0.1, 0.15) is 0 Å². The summed E-state index contributed by atoms with van der Waals surface area (Å²) in [4.78, 5) is 11.0. The summed E-state index contributed by atoms with van der Waals surface area (Å²) in [6.07, 6.45) is 2.15. The maximum atomic E-state index is 9.81. The number of rotatable bonds is 7. The zero-order valence-corrected chi connectivity index (χ0v) is 20.3. The molecule has 2 atom stereocenters. The zero-order chi connectivity index (χ0) is 24.7. The van der Waals surface area contributed by atoms with Crippen molar-refractivity contribution in [2.45, 2.75) is 39.1 Å². The van der Waals surface area contributed by atoms with Crippen molar-refractivity contribution in [2.24, 2.45) is 0 Å². The van der Waals surface area contributed by atoms with E-state index >= 15 is 0 Å². The largest absolute Gasteiger partial charge is 0.395 e.